The number of nitrogens with zero attached hydrogens (tertiary/aromatic N) is 2. The normalized spacial score (nSPS) is 13.7. The molecule has 1 atom stereocenters. The van der Waals surface area contributed by atoms with E-state index < -0.39 is 18.2 Å². The topological polar surface area (TPSA) is 54.3 Å². The lowest BCUT2D eigenvalue weighted by Gasteiger charge is -2.32. The summed E-state index contributed by atoms with van der Waals surface area (Å²) in [7, 11) is 3.09. The fourth-order valence-electron chi connectivity index (χ4n) is 2.50. The maximum absolute atomic E-state index is 13.8. The first-order chi connectivity index (χ1) is 13.6. The average molecular weight is 414 g/mol. The number of benzene rings is 1. The molecule has 162 valence electrons. The van der Waals surface area contributed by atoms with E-state index >= 15 is 0 Å². The number of methoxy groups -OCH3 is 1. The highest BCUT2D eigenvalue weighted by Crippen LogP contribution is 2.46. The van der Waals surface area contributed by atoms with Crippen molar-refractivity contribution < 1.29 is 27.8 Å². The second-order valence-electron chi connectivity index (χ2n) is 6.52. The fraction of sp³-hybridized carbons (Fsp3) is 0.571. The number of rotatable bonds is 9. The van der Waals surface area contributed by atoms with E-state index in [-0.39, 0.29) is 24.5 Å². The Balaban J connectivity index is 3.24. The molecule has 0 fully saturated rings. The summed E-state index contributed by atoms with van der Waals surface area (Å²) in [5, 5.41) is 10.6. The van der Waals surface area contributed by atoms with Crippen molar-refractivity contribution in [2.24, 2.45) is 4.99 Å². The monoisotopic (exact) mass is 414 g/mol. The molecule has 0 saturated carbocycles. The molecule has 5 nitrogen and oxygen atoms in total. The number of aliphatic hydroxyl groups is 1. The van der Waals surface area contributed by atoms with Crippen LogP contribution in [0.15, 0.2) is 17.1 Å². The summed E-state index contributed by atoms with van der Waals surface area (Å²) in [6.45, 7) is 5.87. The molecule has 29 heavy (non-hydrogen) atoms. The molecular weight excluding hydrogens is 385 g/mol. The molecule has 0 amide bonds. The van der Waals surface area contributed by atoms with Crippen LogP contribution in [0.25, 0.3) is 0 Å². The van der Waals surface area contributed by atoms with Crippen LogP contribution in [0.1, 0.15) is 37.8 Å². The van der Waals surface area contributed by atoms with Crippen LogP contribution < -0.4 is 4.74 Å². The predicted octanol–water partition coefficient (Wildman–Crippen LogP) is 4.19. The van der Waals surface area contributed by atoms with E-state index in [1.165, 1.54) is 19.2 Å². The summed E-state index contributed by atoms with van der Waals surface area (Å²) >= 11 is 0. The maximum atomic E-state index is 13.8. The quantitative estimate of drug-likeness (QED) is 0.285. The van der Waals surface area contributed by atoms with E-state index in [0.717, 1.165) is 6.54 Å². The molecule has 0 radical (unpaired) electrons. The maximum Gasteiger partial charge on any atom is 0.421 e. The fourth-order valence-corrected chi connectivity index (χ4v) is 2.50. The van der Waals surface area contributed by atoms with Gasteiger partial charge in [-0.15, -0.1) is 5.92 Å². The molecule has 0 spiro atoms. The van der Waals surface area contributed by atoms with Crippen LogP contribution in [-0.2, 0) is 10.3 Å². The van der Waals surface area contributed by atoms with Crippen molar-refractivity contribution in [1.29, 1.82) is 0 Å². The number of aliphatic imine (C=N–C) groups is 1. The molecule has 0 aromatic heterocycles. The van der Waals surface area contributed by atoms with E-state index in [2.05, 4.69) is 16.8 Å². The molecule has 0 saturated heterocycles. The van der Waals surface area contributed by atoms with Gasteiger partial charge in [-0.2, -0.15) is 13.2 Å². The van der Waals surface area contributed by atoms with Gasteiger partial charge in [0.2, 0.25) is 0 Å². The Morgan fingerprint density at radius 1 is 1.24 bits per heavy atom. The molecule has 1 aromatic rings. The highest BCUT2D eigenvalue weighted by Gasteiger charge is 2.56. The molecule has 1 rings (SSSR count). The Bertz CT molecular complexity index is 754. The van der Waals surface area contributed by atoms with E-state index in [9.17, 15) is 18.3 Å². The Morgan fingerprint density at radius 2 is 1.93 bits per heavy atom. The van der Waals surface area contributed by atoms with Gasteiger partial charge in [-0.05, 0) is 25.5 Å². The Hall–Kier alpha value is -2.24. The number of halogens is 3. The third-order valence-corrected chi connectivity index (χ3v) is 4.41. The molecular formula is C21H29F3N2O3. The van der Waals surface area contributed by atoms with Crippen molar-refractivity contribution in [2.45, 2.75) is 45.4 Å². The van der Waals surface area contributed by atoms with Crippen molar-refractivity contribution in [2.75, 3.05) is 33.9 Å². The van der Waals surface area contributed by atoms with Crippen molar-refractivity contribution in [3.8, 4) is 17.6 Å². The number of alkyl halides is 3. The number of hydrogen-bond acceptors (Lipinski definition) is 4. The summed E-state index contributed by atoms with van der Waals surface area (Å²) < 4.78 is 51.8. The minimum absolute atomic E-state index is 0.0105. The summed E-state index contributed by atoms with van der Waals surface area (Å²) in [5.74, 6) is 5.36. The van der Waals surface area contributed by atoms with Crippen molar-refractivity contribution in [3.63, 3.8) is 0 Å². The standard InChI is InChI=1S/C21H29F3N2O3/c1-6-8-9-11-29-12-10-20(27,21(22,23)24)17-13-16(3)18(14-19(17)28-5)25-15-26(4)7-2/h13-15,27H,6-7,10-12H2,1-5H3. The first-order valence-corrected chi connectivity index (χ1v) is 9.36. The zero-order chi connectivity index (χ0) is 22.1. The average Bonchev–Trinajstić information content (AvgIpc) is 2.68. The lowest BCUT2D eigenvalue weighted by molar-refractivity contribution is -0.272. The zero-order valence-corrected chi connectivity index (χ0v) is 17.6. The second kappa shape index (κ2) is 11.1. The van der Waals surface area contributed by atoms with E-state index in [4.69, 9.17) is 9.47 Å². The summed E-state index contributed by atoms with van der Waals surface area (Å²) in [6, 6.07) is 2.66. The minimum Gasteiger partial charge on any atom is -0.496 e. The molecule has 0 heterocycles. The van der Waals surface area contributed by atoms with Crippen molar-refractivity contribution >= 4 is 12.0 Å². The minimum atomic E-state index is -4.92. The molecule has 0 bridgehead atoms. The molecule has 0 aliphatic heterocycles. The SMILES string of the molecule is CCC#CCOCCC(O)(c1cc(C)c(N=CN(C)CC)cc1OC)C(F)(F)F. The predicted molar refractivity (Wildman–Crippen MR) is 108 cm³/mol. The first kappa shape index (κ1) is 24.8. The molecule has 0 aliphatic rings. The largest absolute Gasteiger partial charge is 0.496 e. The molecule has 1 unspecified atom stereocenters. The summed E-state index contributed by atoms with van der Waals surface area (Å²) in [4.78, 5) is 6.12. The van der Waals surface area contributed by atoms with Gasteiger partial charge in [0, 0.05) is 38.1 Å². The third-order valence-electron chi connectivity index (χ3n) is 4.41. The van der Waals surface area contributed by atoms with Gasteiger partial charge in [0.25, 0.3) is 0 Å². The molecule has 1 aromatic carbocycles. The molecule has 8 heteroatoms. The van der Waals surface area contributed by atoms with E-state index in [1.807, 2.05) is 25.8 Å². The van der Waals surface area contributed by atoms with Crippen LogP contribution in [0.2, 0.25) is 0 Å². The number of aryl methyl sites for hydroxylation is 1. The molecule has 1 N–H and O–H groups in total. The Morgan fingerprint density at radius 3 is 2.48 bits per heavy atom. The van der Waals surface area contributed by atoms with Crippen LogP contribution >= 0.6 is 0 Å². The summed E-state index contributed by atoms with van der Waals surface area (Å²) in [6.07, 6.45) is -3.38. The van der Waals surface area contributed by atoms with Gasteiger partial charge in [0.15, 0.2) is 5.60 Å². The van der Waals surface area contributed by atoms with Gasteiger partial charge in [-0.3, -0.25) is 0 Å². The van der Waals surface area contributed by atoms with Gasteiger partial charge >= 0.3 is 6.18 Å². The highest BCUT2D eigenvalue weighted by molar-refractivity contribution is 5.65. The van der Waals surface area contributed by atoms with Gasteiger partial charge in [-0.25, -0.2) is 4.99 Å². The van der Waals surface area contributed by atoms with E-state index in [0.29, 0.717) is 17.7 Å². The van der Waals surface area contributed by atoms with Gasteiger partial charge in [0.1, 0.15) is 12.4 Å². The number of ether oxygens (including phenoxy) is 2. The van der Waals surface area contributed by atoms with Gasteiger partial charge in [0.05, 0.1) is 25.7 Å². The van der Waals surface area contributed by atoms with Crippen molar-refractivity contribution in [1.82, 2.24) is 4.90 Å². The van der Waals surface area contributed by atoms with Crippen LogP contribution in [0.4, 0.5) is 18.9 Å². The smallest absolute Gasteiger partial charge is 0.421 e. The lowest BCUT2D eigenvalue weighted by atomic mass is 9.87. The van der Waals surface area contributed by atoms with E-state index in [1.54, 1.807) is 13.3 Å². The Labute approximate surface area is 170 Å². The van der Waals surface area contributed by atoms with Crippen LogP contribution in [0.5, 0.6) is 5.75 Å². The van der Waals surface area contributed by atoms with Crippen molar-refractivity contribution in [3.05, 3.63) is 23.3 Å². The third kappa shape index (κ3) is 6.65. The number of hydrogen-bond donors (Lipinski definition) is 1. The van der Waals surface area contributed by atoms with Gasteiger partial charge < -0.3 is 19.5 Å². The summed E-state index contributed by atoms with van der Waals surface area (Å²) in [5.41, 5.74) is -2.54. The molecule has 0 aliphatic carbocycles. The second-order valence-corrected chi connectivity index (χ2v) is 6.52. The highest BCUT2D eigenvalue weighted by atomic mass is 19.4. The van der Waals surface area contributed by atoms with Crippen LogP contribution in [0.3, 0.4) is 0 Å². The zero-order valence-electron chi connectivity index (χ0n) is 17.6. The van der Waals surface area contributed by atoms with Gasteiger partial charge in [-0.1, -0.05) is 12.8 Å². The van der Waals surface area contributed by atoms with Crippen LogP contribution in [-0.4, -0.2) is 56.4 Å². The lowest BCUT2D eigenvalue weighted by Crippen LogP contribution is -2.43. The first-order valence-electron chi connectivity index (χ1n) is 9.36. The van der Waals surface area contributed by atoms with Crippen LogP contribution in [0, 0.1) is 18.8 Å². The Kier molecular flexibility index (Phi) is 9.47.